The van der Waals surface area contributed by atoms with Crippen LogP contribution in [0.5, 0.6) is 0 Å². The molecular formula is C26H17Cl2FN10O. The van der Waals surface area contributed by atoms with Gasteiger partial charge in [0.1, 0.15) is 17.3 Å². The Kier molecular flexibility index (Phi) is 4.80. The van der Waals surface area contributed by atoms with Gasteiger partial charge in [0, 0.05) is 33.5 Å². The second kappa shape index (κ2) is 8.23. The van der Waals surface area contributed by atoms with Crippen molar-refractivity contribution in [2.75, 3.05) is 5.73 Å². The van der Waals surface area contributed by atoms with Crippen LogP contribution in [0, 0.1) is 11.9 Å². The van der Waals surface area contributed by atoms with E-state index in [-0.39, 0.29) is 28.2 Å². The molecule has 0 bridgehead atoms. The van der Waals surface area contributed by atoms with Gasteiger partial charge in [-0.15, -0.1) is 5.10 Å². The third-order valence-corrected chi connectivity index (χ3v) is 8.03. The largest absolute Gasteiger partial charge is 0.382 e. The minimum absolute atomic E-state index is 0.0574. The average Bonchev–Trinajstić information content (AvgIpc) is 3.21. The molecule has 0 spiro atoms. The van der Waals surface area contributed by atoms with Crippen LogP contribution in [-0.4, -0.2) is 44.7 Å². The second-order valence-electron chi connectivity index (χ2n) is 9.96. The van der Waals surface area contributed by atoms with E-state index in [2.05, 4.69) is 30.5 Å². The van der Waals surface area contributed by atoms with E-state index in [0.29, 0.717) is 50.5 Å². The molecule has 11 nitrogen and oxygen atoms in total. The van der Waals surface area contributed by atoms with Crippen LogP contribution in [0.4, 0.5) is 10.2 Å². The number of nitrogens with zero attached hydrogens (tertiary/aromatic N) is 7. The van der Waals surface area contributed by atoms with Crippen molar-refractivity contribution in [3.8, 4) is 28.2 Å². The van der Waals surface area contributed by atoms with E-state index in [1.165, 1.54) is 10.7 Å². The summed E-state index contributed by atoms with van der Waals surface area (Å²) in [6.45, 7) is 0. The number of nitrogens with two attached hydrogens (primary N) is 1. The molecule has 0 amide bonds. The predicted octanol–water partition coefficient (Wildman–Crippen LogP) is 4.49. The molecule has 1 aliphatic carbocycles. The Balaban J connectivity index is 1.21. The van der Waals surface area contributed by atoms with Gasteiger partial charge in [0.2, 0.25) is 5.95 Å². The summed E-state index contributed by atoms with van der Waals surface area (Å²) in [5.74, 6) is 0.864. The van der Waals surface area contributed by atoms with Gasteiger partial charge < -0.3 is 10.7 Å². The first kappa shape index (κ1) is 23.3. The first-order valence-corrected chi connectivity index (χ1v) is 13.1. The summed E-state index contributed by atoms with van der Waals surface area (Å²) >= 11 is 12.3. The number of aromatic amines is 2. The summed E-state index contributed by atoms with van der Waals surface area (Å²) in [4.78, 5) is 25.8. The van der Waals surface area contributed by atoms with Crippen LogP contribution in [0.1, 0.15) is 30.0 Å². The number of aromatic nitrogens is 9. The summed E-state index contributed by atoms with van der Waals surface area (Å²) in [5, 5.41) is 16.2. The molecule has 40 heavy (non-hydrogen) atoms. The van der Waals surface area contributed by atoms with Crippen molar-refractivity contribution in [3.63, 3.8) is 0 Å². The molecule has 2 aliphatic rings. The van der Waals surface area contributed by atoms with Crippen molar-refractivity contribution >= 4 is 39.9 Å². The maximum absolute atomic E-state index is 15.2. The van der Waals surface area contributed by atoms with Crippen molar-refractivity contribution in [3.05, 3.63) is 86.8 Å². The smallest absolute Gasteiger partial charge is 0.254 e. The summed E-state index contributed by atoms with van der Waals surface area (Å²) < 4.78 is 18.3. The van der Waals surface area contributed by atoms with E-state index in [9.17, 15) is 4.79 Å². The molecule has 1 fully saturated rings. The molecular weight excluding hydrogens is 558 g/mol. The van der Waals surface area contributed by atoms with E-state index in [1.807, 2.05) is 0 Å². The first-order chi connectivity index (χ1) is 19.4. The molecule has 6 aromatic rings. The Labute approximate surface area is 233 Å². The van der Waals surface area contributed by atoms with Crippen molar-refractivity contribution in [2.24, 2.45) is 5.92 Å². The highest BCUT2D eigenvalue weighted by molar-refractivity contribution is 6.31. The number of fused-ring (bicyclic) bond motifs is 4. The van der Waals surface area contributed by atoms with Gasteiger partial charge >= 0.3 is 0 Å². The van der Waals surface area contributed by atoms with E-state index >= 15 is 4.39 Å². The van der Waals surface area contributed by atoms with Crippen LogP contribution in [-0.2, 0) is 0 Å². The standard InChI is InChI=1S/C26H17Cl2FN10O/c27-11-2-4-18(38-9-19(28)35-37-38)15(6-11)16-8-20(40)39-22(13-7-14(13)26(39)31-16)25-32-21(23(29)33-25)10-1-3-12-17(5-10)34-36-24(12)30/h1-6,8-9,13-14,22H,7H2,(H,32,33)(H3,30,34,36). The average molecular weight is 575 g/mol. The highest BCUT2D eigenvalue weighted by Crippen LogP contribution is 2.60. The van der Waals surface area contributed by atoms with Crippen molar-refractivity contribution in [1.82, 2.24) is 44.7 Å². The molecule has 1 saturated carbocycles. The SMILES string of the molecule is Nc1n[nH]c2cc(-c3[nH]c(C4C5CC5c5nc(-c6cc(Cl)ccc6-n6cc(Cl)nn6)cc(=O)n54)nc3F)ccc12. The van der Waals surface area contributed by atoms with Gasteiger partial charge in [0.25, 0.3) is 5.56 Å². The number of nitrogen functional groups attached to an aromatic ring is 1. The maximum atomic E-state index is 15.2. The number of benzene rings is 2. The van der Waals surface area contributed by atoms with E-state index in [4.69, 9.17) is 33.9 Å². The fourth-order valence-corrected chi connectivity index (χ4v) is 6.03. The lowest BCUT2D eigenvalue weighted by Gasteiger charge is -2.17. The quantitative estimate of drug-likeness (QED) is 0.280. The molecule has 3 unspecified atom stereocenters. The Bertz CT molecular complexity index is 2060. The molecule has 4 N–H and O–H groups in total. The lowest BCUT2D eigenvalue weighted by atomic mass is 10.1. The predicted molar refractivity (Wildman–Crippen MR) is 146 cm³/mol. The normalized spacial score (nSPS) is 19.2. The summed E-state index contributed by atoms with van der Waals surface area (Å²) in [5.41, 5.74) is 8.76. The Hall–Kier alpha value is -4.55. The zero-order valence-electron chi connectivity index (χ0n) is 20.3. The van der Waals surface area contributed by atoms with Crippen molar-refractivity contribution in [1.29, 1.82) is 0 Å². The minimum atomic E-state index is -0.653. The number of rotatable bonds is 4. The van der Waals surface area contributed by atoms with Crippen LogP contribution in [0.25, 0.3) is 39.1 Å². The van der Waals surface area contributed by atoms with Gasteiger partial charge in [-0.2, -0.15) is 9.49 Å². The number of nitrogens with one attached hydrogen (secondary N) is 2. The molecule has 4 aromatic heterocycles. The Morgan fingerprint density at radius 3 is 2.80 bits per heavy atom. The zero-order valence-corrected chi connectivity index (χ0v) is 21.8. The molecule has 14 heteroatoms. The fraction of sp³-hybridized carbons (Fsp3) is 0.154. The molecule has 0 radical (unpaired) electrons. The van der Waals surface area contributed by atoms with Gasteiger partial charge in [-0.3, -0.25) is 14.5 Å². The molecule has 1 aliphatic heterocycles. The monoisotopic (exact) mass is 574 g/mol. The van der Waals surface area contributed by atoms with Crippen LogP contribution < -0.4 is 11.3 Å². The fourth-order valence-electron chi connectivity index (χ4n) is 5.74. The van der Waals surface area contributed by atoms with Gasteiger partial charge in [-0.05, 0) is 42.7 Å². The van der Waals surface area contributed by atoms with Crippen LogP contribution in [0.2, 0.25) is 10.2 Å². The van der Waals surface area contributed by atoms with E-state index in [1.54, 1.807) is 47.2 Å². The van der Waals surface area contributed by atoms with Crippen LogP contribution in [0.15, 0.2) is 53.5 Å². The number of halogens is 3. The number of hydrogen-bond acceptors (Lipinski definition) is 7. The van der Waals surface area contributed by atoms with Gasteiger partial charge in [0.15, 0.2) is 11.0 Å². The van der Waals surface area contributed by atoms with Crippen LogP contribution in [0.3, 0.4) is 0 Å². The van der Waals surface area contributed by atoms with E-state index in [0.717, 1.165) is 11.8 Å². The lowest BCUT2D eigenvalue weighted by molar-refractivity contribution is 0.500. The molecule has 8 rings (SSSR count). The highest BCUT2D eigenvalue weighted by Gasteiger charge is 2.55. The van der Waals surface area contributed by atoms with Crippen molar-refractivity contribution in [2.45, 2.75) is 18.4 Å². The summed E-state index contributed by atoms with van der Waals surface area (Å²) in [7, 11) is 0. The Morgan fingerprint density at radius 2 is 1.98 bits per heavy atom. The molecule has 0 saturated heterocycles. The number of imidazole rings is 1. The number of anilines is 1. The number of hydrogen-bond donors (Lipinski definition) is 3. The van der Waals surface area contributed by atoms with Gasteiger partial charge in [-0.25, -0.2) is 14.6 Å². The topological polar surface area (TPSA) is 149 Å². The third kappa shape index (κ3) is 3.42. The zero-order chi connectivity index (χ0) is 27.3. The lowest BCUT2D eigenvalue weighted by Crippen LogP contribution is -2.27. The molecule has 2 aromatic carbocycles. The summed E-state index contributed by atoms with van der Waals surface area (Å²) in [6.07, 6.45) is 2.38. The summed E-state index contributed by atoms with van der Waals surface area (Å²) in [6, 6.07) is 11.5. The van der Waals surface area contributed by atoms with Crippen LogP contribution >= 0.6 is 23.2 Å². The van der Waals surface area contributed by atoms with Gasteiger partial charge in [0.05, 0.1) is 29.1 Å². The molecule has 3 atom stereocenters. The third-order valence-electron chi connectivity index (χ3n) is 7.62. The number of H-pyrrole nitrogens is 2. The van der Waals surface area contributed by atoms with E-state index < -0.39 is 12.0 Å². The highest BCUT2D eigenvalue weighted by atomic mass is 35.5. The maximum Gasteiger partial charge on any atom is 0.254 e. The molecule has 198 valence electrons. The second-order valence-corrected chi connectivity index (χ2v) is 10.8. The Morgan fingerprint density at radius 1 is 1.10 bits per heavy atom. The first-order valence-electron chi connectivity index (χ1n) is 12.4. The van der Waals surface area contributed by atoms with Gasteiger partial charge in [-0.1, -0.05) is 34.5 Å². The minimum Gasteiger partial charge on any atom is -0.382 e. The van der Waals surface area contributed by atoms with Crippen molar-refractivity contribution < 1.29 is 4.39 Å². The molecule has 5 heterocycles.